The van der Waals surface area contributed by atoms with Crippen LogP contribution in [0, 0.1) is 20.8 Å². The summed E-state index contributed by atoms with van der Waals surface area (Å²) in [7, 11) is 0. The largest absolute Gasteiger partial charge is 0.368 e. The number of nitrogens with zero attached hydrogens (tertiary/aromatic N) is 5. The van der Waals surface area contributed by atoms with Gasteiger partial charge >= 0.3 is 0 Å². The van der Waals surface area contributed by atoms with E-state index in [4.69, 9.17) is 11.6 Å². The molecule has 3 aromatic rings. The molecule has 0 radical (unpaired) electrons. The van der Waals surface area contributed by atoms with Crippen LogP contribution in [0.15, 0.2) is 42.6 Å². The molecule has 3 heterocycles. The van der Waals surface area contributed by atoms with Crippen LogP contribution in [0.2, 0.25) is 5.02 Å². The molecule has 6 nitrogen and oxygen atoms in total. The Morgan fingerprint density at radius 3 is 2.28 bits per heavy atom. The molecular formula is C28H34ClN5OS. The molecule has 8 heteroatoms. The third-order valence-electron chi connectivity index (χ3n) is 7.32. The second kappa shape index (κ2) is 10.8. The lowest BCUT2D eigenvalue weighted by Crippen LogP contribution is -2.49. The standard InChI is InChI=1S/C28H34ClN5OS/c1-20-16-21(2)24(27(35)33-12-14-34(15-13-33)28-30-18-22(3)36-28)17-23(20)19-31-8-10-32(11-9-31)26-7-5-4-6-25(26)29/h4-7,16-18H,8-15,19H2,1-3H3. The molecule has 1 aromatic heterocycles. The molecule has 2 fully saturated rings. The minimum absolute atomic E-state index is 0.146. The molecule has 0 saturated carbocycles. The predicted octanol–water partition coefficient (Wildman–Crippen LogP) is 5.01. The molecule has 0 bridgehead atoms. The maximum absolute atomic E-state index is 13.5. The number of hydrogen-bond donors (Lipinski definition) is 0. The van der Waals surface area contributed by atoms with Crippen molar-refractivity contribution in [2.45, 2.75) is 27.3 Å². The zero-order valence-electron chi connectivity index (χ0n) is 21.3. The number of hydrogen-bond acceptors (Lipinski definition) is 6. The smallest absolute Gasteiger partial charge is 0.254 e. The van der Waals surface area contributed by atoms with Crippen molar-refractivity contribution in [3.05, 3.63) is 74.7 Å². The number of rotatable bonds is 5. The predicted molar refractivity (Wildman–Crippen MR) is 150 cm³/mol. The van der Waals surface area contributed by atoms with Crippen LogP contribution in [0.5, 0.6) is 0 Å². The quantitative estimate of drug-likeness (QED) is 0.470. The molecule has 0 atom stereocenters. The fourth-order valence-corrected chi connectivity index (χ4v) is 6.22. The maximum Gasteiger partial charge on any atom is 0.254 e. The van der Waals surface area contributed by atoms with Crippen LogP contribution in [0.25, 0.3) is 0 Å². The summed E-state index contributed by atoms with van der Waals surface area (Å²) in [6.45, 7) is 14.1. The van der Waals surface area contributed by atoms with E-state index in [1.807, 2.05) is 29.3 Å². The van der Waals surface area contributed by atoms with E-state index in [9.17, 15) is 4.79 Å². The topological polar surface area (TPSA) is 42.9 Å². The number of carbonyl (C=O) groups excluding carboxylic acids is 1. The summed E-state index contributed by atoms with van der Waals surface area (Å²) in [4.78, 5) is 28.4. The van der Waals surface area contributed by atoms with Gasteiger partial charge in [0, 0.05) is 75.5 Å². The van der Waals surface area contributed by atoms with Gasteiger partial charge in [-0.1, -0.05) is 29.8 Å². The van der Waals surface area contributed by atoms with Crippen LogP contribution in [0.1, 0.15) is 31.9 Å². The summed E-state index contributed by atoms with van der Waals surface area (Å²) in [5.74, 6) is 0.146. The Balaban J connectivity index is 1.22. The van der Waals surface area contributed by atoms with Crippen molar-refractivity contribution in [1.82, 2.24) is 14.8 Å². The van der Waals surface area contributed by atoms with Crippen molar-refractivity contribution < 1.29 is 4.79 Å². The molecule has 0 spiro atoms. The lowest BCUT2D eigenvalue weighted by molar-refractivity contribution is 0.0746. The Morgan fingerprint density at radius 1 is 0.917 bits per heavy atom. The van der Waals surface area contributed by atoms with Crippen molar-refractivity contribution in [2.24, 2.45) is 0 Å². The van der Waals surface area contributed by atoms with Gasteiger partial charge in [0.15, 0.2) is 5.13 Å². The van der Waals surface area contributed by atoms with Gasteiger partial charge < -0.3 is 14.7 Å². The first-order chi connectivity index (χ1) is 17.4. The highest BCUT2D eigenvalue weighted by atomic mass is 35.5. The fraction of sp³-hybridized carbons (Fsp3) is 0.429. The van der Waals surface area contributed by atoms with Gasteiger partial charge in [-0.3, -0.25) is 9.69 Å². The summed E-state index contributed by atoms with van der Waals surface area (Å²) in [6.07, 6.45) is 1.92. The van der Waals surface area contributed by atoms with Gasteiger partial charge in [0.2, 0.25) is 0 Å². The van der Waals surface area contributed by atoms with Crippen molar-refractivity contribution in [3.63, 3.8) is 0 Å². The SMILES string of the molecule is Cc1cnc(N2CCN(C(=O)c3cc(CN4CCN(c5ccccc5Cl)CC4)c(C)cc3C)CC2)s1. The molecule has 190 valence electrons. The van der Waals surface area contributed by atoms with E-state index < -0.39 is 0 Å². The molecule has 0 unspecified atom stereocenters. The molecule has 0 aliphatic carbocycles. The van der Waals surface area contributed by atoms with Gasteiger partial charge in [-0.25, -0.2) is 4.98 Å². The number of aromatic nitrogens is 1. The molecule has 2 aromatic carbocycles. The number of carbonyl (C=O) groups is 1. The summed E-state index contributed by atoms with van der Waals surface area (Å²) in [5.41, 5.74) is 5.50. The number of para-hydroxylation sites is 1. The van der Waals surface area contributed by atoms with E-state index in [0.717, 1.165) is 85.9 Å². The second-order valence-corrected chi connectivity index (χ2v) is 11.5. The molecule has 0 N–H and O–H groups in total. The van der Waals surface area contributed by atoms with Gasteiger partial charge in [0.05, 0.1) is 10.7 Å². The van der Waals surface area contributed by atoms with Gasteiger partial charge in [-0.05, 0) is 55.7 Å². The minimum Gasteiger partial charge on any atom is -0.368 e. The third kappa shape index (κ3) is 5.38. The molecule has 2 aliphatic rings. The maximum atomic E-state index is 13.5. The Kier molecular flexibility index (Phi) is 7.51. The molecule has 1 amide bonds. The number of aryl methyl sites for hydroxylation is 3. The average molecular weight is 524 g/mol. The first-order valence-corrected chi connectivity index (χ1v) is 13.9. The van der Waals surface area contributed by atoms with E-state index in [1.54, 1.807) is 11.3 Å². The van der Waals surface area contributed by atoms with Gasteiger partial charge in [0.25, 0.3) is 5.91 Å². The Bertz CT molecular complexity index is 1230. The summed E-state index contributed by atoms with van der Waals surface area (Å²) < 4.78 is 0. The van der Waals surface area contributed by atoms with E-state index in [0.29, 0.717) is 0 Å². The number of benzene rings is 2. The number of piperazine rings is 2. The Labute approximate surface area is 223 Å². The molecule has 5 rings (SSSR count). The number of halogens is 1. The lowest BCUT2D eigenvalue weighted by Gasteiger charge is -2.37. The van der Waals surface area contributed by atoms with E-state index in [1.165, 1.54) is 16.0 Å². The minimum atomic E-state index is 0.146. The zero-order chi connectivity index (χ0) is 25.2. The van der Waals surface area contributed by atoms with Crippen LogP contribution in [-0.2, 0) is 6.54 Å². The highest BCUT2D eigenvalue weighted by Crippen LogP contribution is 2.27. The van der Waals surface area contributed by atoms with Crippen molar-refractivity contribution in [3.8, 4) is 0 Å². The van der Waals surface area contributed by atoms with Crippen molar-refractivity contribution >= 4 is 39.7 Å². The fourth-order valence-electron chi connectivity index (χ4n) is 5.15. The summed E-state index contributed by atoms with van der Waals surface area (Å²) >= 11 is 8.13. The molecular weight excluding hydrogens is 490 g/mol. The van der Waals surface area contributed by atoms with Crippen LogP contribution in [0.3, 0.4) is 0 Å². The van der Waals surface area contributed by atoms with E-state index in [2.05, 4.69) is 58.7 Å². The van der Waals surface area contributed by atoms with Crippen LogP contribution >= 0.6 is 22.9 Å². The zero-order valence-corrected chi connectivity index (χ0v) is 22.9. The van der Waals surface area contributed by atoms with Crippen LogP contribution < -0.4 is 9.80 Å². The van der Waals surface area contributed by atoms with Crippen LogP contribution in [0.4, 0.5) is 10.8 Å². The first-order valence-electron chi connectivity index (χ1n) is 12.7. The van der Waals surface area contributed by atoms with Gasteiger partial charge in [-0.15, -0.1) is 11.3 Å². The normalized spacial score (nSPS) is 17.1. The van der Waals surface area contributed by atoms with Crippen molar-refractivity contribution in [1.29, 1.82) is 0 Å². The monoisotopic (exact) mass is 523 g/mol. The number of amides is 1. The summed E-state index contributed by atoms with van der Waals surface area (Å²) in [5, 5.41) is 1.87. The Hall–Kier alpha value is -2.61. The van der Waals surface area contributed by atoms with Crippen LogP contribution in [-0.4, -0.2) is 73.0 Å². The number of thiazole rings is 1. The first kappa shape index (κ1) is 25.1. The van der Waals surface area contributed by atoms with Gasteiger partial charge in [0.1, 0.15) is 0 Å². The molecule has 2 aliphatic heterocycles. The highest BCUT2D eigenvalue weighted by Gasteiger charge is 2.26. The Morgan fingerprint density at radius 2 is 1.61 bits per heavy atom. The molecule has 36 heavy (non-hydrogen) atoms. The third-order valence-corrected chi connectivity index (χ3v) is 8.61. The average Bonchev–Trinajstić information content (AvgIpc) is 3.32. The van der Waals surface area contributed by atoms with E-state index in [-0.39, 0.29) is 5.91 Å². The van der Waals surface area contributed by atoms with Gasteiger partial charge in [-0.2, -0.15) is 0 Å². The second-order valence-electron chi connectivity index (χ2n) is 9.84. The van der Waals surface area contributed by atoms with Crippen molar-refractivity contribution in [2.75, 3.05) is 62.2 Å². The summed E-state index contributed by atoms with van der Waals surface area (Å²) in [6, 6.07) is 12.4. The molecule has 2 saturated heterocycles. The van der Waals surface area contributed by atoms with E-state index >= 15 is 0 Å². The highest BCUT2D eigenvalue weighted by molar-refractivity contribution is 7.15. The number of anilines is 2. The lowest BCUT2D eigenvalue weighted by atomic mass is 9.98.